The van der Waals surface area contributed by atoms with E-state index < -0.39 is 83.4 Å². The number of imidazole rings is 1. The van der Waals surface area contributed by atoms with Crippen LogP contribution >= 0.6 is 15.6 Å². The fraction of sp³-hybridized carbons (Fsp3) is 0.625. The van der Waals surface area contributed by atoms with Crippen LogP contribution in [0.15, 0.2) is 11.1 Å². The number of aromatic amines is 1. The number of aromatic nitrogens is 4. The summed E-state index contributed by atoms with van der Waals surface area (Å²) < 4.78 is 35.8. The molecule has 2 aromatic rings. The van der Waals surface area contributed by atoms with E-state index in [0.29, 0.717) is 0 Å². The topological polar surface area (TPSA) is 371 Å². The third-order valence-corrected chi connectivity index (χ3v) is 6.17. The van der Waals surface area contributed by atoms with Crippen LogP contribution in [0.2, 0.25) is 0 Å². The van der Waals surface area contributed by atoms with Gasteiger partial charge < -0.3 is 65.5 Å². The Hall–Kier alpha value is -2.24. The van der Waals surface area contributed by atoms with Crippen molar-refractivity contribution in [3.8, 4) is 0 Å². The molecule has 24 heteroatoms. The van der Waals surface area contributed by atoms with Gasteiger partial charge in [-0.25, -0.2) is 14.1 Å². The van der Waals surface area contributed by atoms with Crippen molar-refractivity contribution in [2.24, 2.45) is 0 Å². The van der Waals surface area contributed by atoms with Gasteiger partial charge in [0, 0.05) is 0 Å². The van der Waals surface area contributed by atoms with Crippen LogP contribution in [0.5, 0.6) is 0 Å². The van der Waals surface area contributed by atoms with Crippen molar-refractivity contribution in [1.29, 1.82) is 0 Å². The molecule has 0 spiro atoms. The first kappa shape index (κ1) is 34.0. The summed E-state index contributed by atoms with van der Waals surface area (Å²) in [6.07, 6.45) is -12.4. The summed E-state index contributed by atoms with van der Waals surface area (Å²) in [4.78, 5) is 66.7. The van der Waals surface area contributed by atoms with Crippen molar-refractivity contribution in [3.05, 3.63) is 16.7 Å². The highest BCUT2D eigenvalue weighted by Crippen LogP contribution is 2.43. The lowest BCUT2D eigenvalue weighted by atomic mass is 10.0. The van der Waals surface area contributed by atoms with E-state index in [4.69, 9.17) is 45.4 Å². The summed E-state index contributed by atoms with van der Waals surface area (Å²) in [5, 5.41) is 55.9. The van der Waals surface area contributed by atoms with Gasteiger partial charge in [-0.05, 0) is 0 Å². The molecule has 13 N–H and O–H groups in total. The number of phosphoric ester groups is 2. The lowest BCUT2D eigenvalue weighted by Crippen LogP contribution is -2.48. The summed E-state index contributed by atoms with van der Waals surface area (Å²) >= 11 is 0. The van der Waals surface area contributed by atoms with Gasteiger partial charge in [-0.1, -0.05) is 0 Å². The van der Waals surface area contributed by atoms with E-state index in [-0.39, 0.29) is 23.4 Å². The molecule has 0 amide bonds. The van der Waals surface area contributed by atoms with Gasteiger partial charge in [-0.15, -0.1) is 0 Å². The minimum Gasteiger partial charge on any atom is -0.394 e. The largest absolute Gasteiger partial charge is 0.470 e. The molecule has 2 aromatic heterocycles. The summed E-state index contributed by atoms with van der Waals surface area (Å²) in [6, 6.07) is 0. The molecule has 1 aliphatic heterocycles. The molecule has 3 heterocycles. The van der Waals surface area contributed by atoms with E-state index in [0.717, 1.165) is 0 Å². The quantitative estimate of drug-likeness (QED) is 0.0818. The number of rotatable bonds is 11. The molecular weight excluding hydrogens is 596 g/mol. The molecule has 1 aliphatic rings. The molecule has 0 aromatic carbocycles. The van der Waals surface area contributed by atoms with E-state index in [1.807, 2.05) is 0 Å². The van der Waals surface area contributed by atoms with Crippen molar-refractivity contribution >= 4 is 39.0 Å². The minimum atomic E-state index is -5.30. The third kappa shape index (κ3) is 8.63. The van der Waals surface area contributed by atoms with Crippen molar-refractivity contribution in [2.45, 2.75) is 49.0 Å². The van der Waals surface area contributed by atoms with Gasteiger partial charge in [0.1, 0.15) is 36.6 Å². The molecule has 0 bridgehead atoms. The van der Waals surface area contributed by atoms with E-state index in [9.17, 15) is 34.0 Å². The molecule has 8 atom stereocenters. The first-order valence-electron chi connectivity index (χ1n) is 10.7. The Morgan fingerprint density at radius 2 is 1.73 bits per heavy atom. The highest BCUT2D eigenvalue weighted by atomic mass is 31.2. The summed E-state index contributed by atoms with van der Waals surface area (Å²) in [5.41, 5.74) is 5.12. The normalized spacial score (nSPS) is 24.6. The molecule has 3 rings (SSSR count). The Balaban J connectivity index is 0.000000280. The van der Waals surface area contributed by atoms with Crippen LogP contribution in [0.1, 0.15) is 6.23 Å². The predicted octanol–water partition coefficient (Wildman–Crippen LogP) is -5.83. The Morgan fingerprint density at radius 3 is 2.20 bits per heavy atom. The maximum absolute atomic E-state index is 11.7. The number of nitrogens with zero attached hydrogens (tertiary/aromatic N) is 3. The Kier molecular flexibility index (Phi) is 11.6. The zero-order valence-electron chi connectivity index (χ0n) is 19.8. The molecule has 0 unspecified atom stereocenters. The van der Waals surface area contributed by atoms with Gasteiger partial charge in [0.15, 0.2) is 29.8 Å². The van der Waals surface area contributed by atoms with Gasteiger partial charge in [0.05, 0.1) is 19.5 Å². The van der Waals surface area contributed by atoms with E-state index in [1.54, 1.807) is 0 Å². The van der Waals surface area contributed by atoms with Crippen LogP contribution in [0, 0.1) is 0 Å². The number of hydrogen-bond acceptors (Lipinski definition) is 16. The molecule has 0 aliphatic carbocycles. The average Bonchev–Trinajstić information content (AvgIpc) is 3.40. The number of nitrogen functional groups attached to an aromatic ring is 1. The third-order valence-electron chi connectivity index (χ3n) is 5.14. The fourth-order valence-corrected chi connectivity index (χ4v) is 4.41. The van der Waals surface area contributed by atoms with Crippen LogP contribution < -0.4 is 11.3 Å². The van der Waals surface area contributed by atoms with Crippen molar-refractivity contribution in [3.63, 3.8) is 0 Å². The van der Waals surface area contributed by atoms with Crippen LogP contribution in [0.4, 0.5) is 5.95 Å². The highest BCUT2D eigenvalue weighted by molar-refractivity contribution is 7.46. The maximum Gasteiger partial charge on any atom is 0.470 e. The van der Waals surface area contributed by atoms with E-state index in [2.05, 4.69) is 24.0 Å². The summed E-state index contributed by atoms with van der Waals surface area (Å²) in [6.45, 7) is -1.53. The lowest BCUT2D eigenvalue weighted by molar-refractivity contribution is -0.133. The fourth-order valence-electron chi connectivity index (χ4n) is 3.36. The van der Waals surface area contributed by atoms with Crippen LogP contribution in [-0.4, -0.2) is 132 Å². The number of aldehydes is 1. The molecule has 0 radical (unpaired) electrons. The maximum atomic E-state index is 11.7. The van der Waals surface area contributed by atoms with Gasteiger partial charge in [-0.3, -0.25) is 23.4 Å². The Labute approximate surface area is 221 Å². The number of phosphoric acid groups is 2. The molecule has 40 heavy (non-hydrogen) atoms. The smallest absolute Gasteiger partial charge is 0.394 e. The van der Waals surface area contributed by atoms with E-state index in [1.165, 1.54) is 10.9 Å². The predicted molar refractivity (Wildman–Crippen MR) is 125 cm³/mol. The number of anilines is 1. The number of aliphatic hydroxyl groups is 6. The Morgan fingerprint density at radius 1 is 1.12 bits per heavy atom. The monoisotopic (exact) mass is 623 g/mol. The number of H-pyrrole nitrogens is 1. The van der Waals surface area contributed by atoms with Crippen LogP contribution in [0.25, 0.3) is 11.2 Å². The molecule has 1 saturated heterocycles. The number of aliphatic hydroxyl groups excluding tert-OH is 6. The average molecular weight is 623 g/mol. The summed E-state index contributed by atoms with van der Waals surface area (Å²) in [7, 11) is -10.6. The van der Waals surface area contributed by atoms with Crippen molar-refractivity contribution < 1.29 is 77.9 Å². The zero-order chi connectivity index (χ0) is 30.6. The van der Waals surface area contributed by atoms with Crippen LogP contribution in [0.3, 0.4) is 0 Å². The highest BCUT2D eigenvalue weighted by Gasteiger charge is 2.44. The molecule has 1 fully saturated rings. The molecule has 228 valence electrons. The molecular formula is C16H27N5O17P2. The standard InChI is InChI=1S/C10H13N5O5.C6H14O12P2/c11-10-13-7-4(8(19)14-10)12-2-15(7)9-6(18)5(17)3(1-16)20-9;7-1-3(9)5(10)6(18-20(14,15)16)4(2-8)17-19(11,12)13/h2-3,5-6,9,16-18H,1H2,(H3,11,13,14,19);2-7,9-10H,1H2,(H2,11,12,13)(H2,14,15,16)/t3-,5-,6-,9-;3-,4-,5-,6-/m11/s1. The second kappa shape index (κ2) is 13.6. The number of fused-ring (bicyclic) bond motifs is 1. The number of nitrogens with one attached hydrogen (secondary N) is 1. The second-order valence-electron chi connectivity index (χ2n) is 8.00. The number of carbonyl (C=O) groups is 1. The van der Waals surface area contributed by atoms with Gasteiger partial charge in [0.2, 0.25) is 5.95 Å². The van der Waals surface area contributed by atoms with Gasteiger partial charge >= 0.3 is 15.6 Å². The number of hydrogen-bond donors (Lipinski definition) is 12. The summed E-state index contributed by atoms with van der Waals surface area (Å²) in [5.74, 6) is -0.101. The van der Waals surface area contributed by atoms with Crippen molar-refractivity contribution in [1.82, 2.24) is 19.5 Å². The first-order valence-corrected chi connectivity index (χ1v) is 13.7. The number of nitrogens with two attached hydrogens (primary N) is 1. The Bertz CT molecular complexity index is 1290. The zero-order valence-corrected chi connectivity index (χ0v) is 21.6. The van der Waals surface area contributed by atoms with Crippen molar-refractivity contribution in [2.75, 3.05) is 18.9 Å². The first-order chi connectivity index (χ1) is 18.4. The second-order valence-corrected chi connectivity index (χ2v) is 10.4. The minimum absolute atomic E-state index is 0.0388. The number of carbonyl (C=O) groups excluding carboxylic acids is 1. The molecule has 0 saturated carbocycles. The van der Waals surface area contributed by atoms with Gasteiger partial charge in [-0.2, -0.15) is 4.98 Å². The lowest BCUT2D eigenvalue weighted by Gasteiger charge is -2.29. The van der Waals surface area contributed by atoms with E-state index >= 15 is 0 Å². The van der Waals surface area contributed by atoms with Crippen LogP contribution in [-0.2, 0) is 27.7 Å². The SMILES string of the molecule is Nc1nc2c(ncn2[C@@H]2O[C@H](CO)[C@@H](O)[C@H]2O)c(=O)[nH]1.O=C[C@@H](OP(=O)(O)O)[C@@H](OP(=O)(O)O)[C@H](O)[C@H](O)CO. The number of ether oxygens (including phenoxy) is 1. The molecule has 22 nitrogen and oxygen atoms in total. The van der Waals surface area contributed by atoms with Gasteiger partial charge in [0.25, 0.3) is 5.56 Å².